The standard InChI is InChI=1S/C13H21BrN2/c1-4-6-11(7-5-2)16-12-8-10(3)13(14)15-9-12/h8-9,11,16H,4-7H2,1-3H3. The fourth-order valence-electron chi connectivity index (χ4n) is 1.86. The van der Waals surface area contributed by atoms with E-state index in [2.05, 4.69) is 53.1 Å². The molecule has 0 radical (unpaired) electrons. The van der Waals surface area contributed by atoms with E-state index in [4.69, 9.17) is 0 Å². The quantitative estimate of drug-likeness (QED) is 0.776. The molecule has 0 aliphatic rings. The zero-order chi connectivity index (χ0) is 12.0. The normalized spacial score (nSPS) is 10.8. The van der Waals surface area contributed by atoms with Crippen LogP contribution < -0.4 is 5.32 Å². The van der Waals surface area contributed by atoms with Crippen LogP contribution in [-0.4, -0.2) is 11.0 Å². The predicted octanol–water partition coefficient (Wildman–Crippen LogP) is 4.53. The molecule has 1 aromatic rings. The molecule has 1 aromatic heterocycles. The number of rotatable bonds is 6. The molecule has 0 saturated carbocycles. The van der Waals surface area contributed by atoms with Crippen LogP contribution in [-0.2, 0) is 0 Å². The molecule has 0 unspecified atom stereocenters. The molecule has 16 heavy (non-hydrogen) atoms. The average molecular weight is 285 g/mol. The van der Waals surface area contributed by atoms with Crippen LogP contribution in [0.2, 0.25) is 0 Å². The Hall–Kier alpha value is -0.570. The van der Waals surface area contributed by atoms with Gasteiger partial charge in [0.25, 0.3) is 0 Å². The SMILES string of the molecule is CCCC(CCC)Nc1cnc(Br)c(C)c1. The summed E-state index contributed by atoms with van der Waals surface area (Å²) < 4.78 is 0.931. The Morgan fingerprint density at radius 3 is 2.44 bits per heavy atom. The molecule has 3 heteroatoms. The fraction of sp³-hybridized carbons (Fsp3) is 0.615. The summed E-state index contributed by atoms with van der Waals surface area (Å²) in [5, 5.41) is 3.57. The van der Waals surface area contributed by atoms with Gasteiger partial charge in [-0.25, -0.2) is 4.98 Å². The van der Waals surface area contributed by atoms with Crippen LogP contribution in [0.5, 0.6) is 0 Å². The number of aromatic nitrogens is 1. The third kappa shape index (κ3) is 4.12. The topological polar surface area (TPSA) is 24.9 Å². The highest BCUT2D eigenvalue weighted by Crippen LogP contribution is 2.19. The third-order valence-corrected chi connectivity index (χ3v) is 3.49. The van der Waals surface area contributed by atoms with Gasteiger partial charge in [-0.1, -0.05) is 26.7 Å². The van der Waals surface area contributed by atoms with E-state index in [1.54, 1.807) is 0 Å². The summed E-state index contributed by atoms with van der Waals surface area (Å²) >= 11 is 3.42. The van der Waals surface area contributed by atoms with E-state index in [1.807, 2.05) is 6.20 Å². The average Bonchev–Trinajstić information content (AvgIpc) is 2.24. The van der Waals surface area contributed by atoms with Crippen LogP contribution >= 0.6 is 15.9 Å². The van der Waals surface area contributed by atoms with Gasteiger partial charge >= 0.3 is 0 Å². The Kier molecular flexibility index (Phi) is 5.81. The number of nitrogens with one attached hydrogen (secondary N) is 1. The van der Waals surface area contributed by atoms with Crippen molar-refractivity contribution in [3.8, 4) is 0 Å². The first-order valence-corrected chi connectivity index (χ1v) is 6.85. The summed E-state index contributed by atoms with van der Waals surface area (Å²) in [5.41, 5.74) is 2.31. The number of halogens is 1. The van der Waals surface area contributed by atoms with Crippen molar-refractivity contribution in [2.24, 2.45) is 0 Å². The summed E-state index contributed by atoms with van der Waals surface area (Å²) in [5.74, 6) is 0. The van der Waals surface area contributed by atoms with Crippen LogP contribution in [0, 0.1) is 6.92 Å². The minimum atomic E-state index is 0.581. The first-order valence-electron chi connectivity index (χ1n) is 6.06. The van der Waals surface area contributed by atoms with Crippen LogP contribution in [0.3, 0.4) is 0 Å². The molecule has 0 aromatic carbocycles. The van der Waals surface area contributed by atoms with Crippen molar-refractivity contribution in [3.63, 3.8) is 0 Å². The number of nitrogens with zero attached hydrogens (tertiary/aromatic N) is 1. The second-order valence-corrected chi connectivity index (χ2v) is 5.00. The minimum Gasteiger partial charge on any atom is -0.381 e. The van der Waals surface area contributed by atoms with Crippen molar-refractivity contribution >= 4 is 21.6 Å². The first-order chi connectivity index (χ1) is 7.67. The Labute approximate surface area is 107 Å². The second-order valence-electron chi connectivity index (χ2n) is 4.25. The van der Waals surface area contributed by atoms with E-state index in [9.17, 15) is 0 Å². The molecule has 1 N–H and O–H groups in total. The van der Waals surface area contributed by atoms with Gasteiger partial charge in [0.1, 0.15) is 4.60 Å². The lowest BCUT2D eigenvalue weighted by atomic mass is 10.1. The number of pyridine rings is 1. The van der Waals surface area contributed by atoms with Gasteiger partial charge in [-0.2, -0.15) is 0 Å². The largest absolute Gasteiger partial charge is 0.381 e. The summed E-state index contributed by atoms with van der Waals surface area (Å²) in [6.45, 7) is 6.53. The van der Waals surface area contributed by atoms with Gasteiger partial charge in [0.2, 0.25) is 0 Å². The van der Waals surface area contributed by atoms with Crippen molar-refractivity contribution in [2.45, 2.75) is 52.5 Å². The maximum Gasteiger partial charge on any atom is 0.109 e. The van der Waals surface area contributed by atoms with Crippen molar-refractivity contribution in [3.05, 3.63) is 22.4 Å². The van der Waals surface area contributed by atoms with Crippen LogP contribution in [0.25, 0.3) is 0 Å². The van der Waals surface area contributed by atoms with E-state index in [0.717, 1.165) is 10.3 Å². The molecule has 2 nitrogen and oxygen atoms in total. The van der Waals surface area contributed by atoms with E-state index in [0.29, 0.717) is 6.04 Å². The summed E-state index contributed by atoms with van der Waals surface area (Å²) in [7, 11) is 0. The van der Waals surface area contributed by atoms with Crippen molar-refractivity contribution in [2.75, 3.05) is 5.32 Å². The van der Waals surface area contributed by atoms with E-state index >= 15 is 0 Å². The van der Waals surface area contributed by atoms with Gasteiger partial charge in [-0.15, -0.1) is 0 Å². The Morgan fingerprint density at radius 1 is 1.31 bits per heavy atom. The molecule has 90 valence electrons. The Balaban J connectivity index is 2.65. The fourth-order valence-corrected chi connectivity index (χ4v) is 2.08. The molecule has 0 atom stereocenters. The van der Waals surface area contributed by atoms with E-state index in [-0.39, 0.29) is 0 Å². The Bertz CT molecular complexity index is 320. The summed E-state index contributed by atoms with van der Waals surface area (Å²) in [6, 6.07) is 2.73. The molecular formula is C13H21BrN2. The van der Waals surface area contributed by atoms with E-state index in [1.165, 1.54) is 31.2 Å². The highest BCUT2D eigenvalue weighted by Gasteiger charge is 2.07. The van der Waals surface area contributed by atoms with E-state index < -0.39 is 0 Å². The lowest BCUT2D eigenvalue weighted by molar-refractivity contribution is 0.586. The van der Waals surface area contributed by atoms with Gasteiger partial charge in [0, 0.05) is 6.04 Å². The van der Waals surface area contributed by atoms with Crippen molar-refractivity contribution in [1.29, 1.82) is 0 Å². The molecule has 0 amide bonds. The molecule has 1 rings (SSSR count). The smallest absolute Gasteiger partial charge is 0.109 e. The zero-order valence-electron chi connectivity index (χ0n) is 10.4. The minimum absolute atomic E-state index is 0.581. The molecule has 0 bridgehead atoms. The number of hydrogen-bond acceptors (Lipinski definition) is 2. The summed E-state index contributed by atoms with van der Waals surface area (Å²) in [4.78, 5) is 4.31. The van der Waals surface area contributed by atoms with Crippen LogP contribution in [0.15, 0.2) is 16.9 Å². The molecule has 1 heterocycles. The lowest BCUT2D eigenvalue weighted by Crippen LogP contribution is -2.19. The maximum absolute atomic E-state index is 4.31. The van der Waals surface area contributed by atoms with Gasteiger partial charge in [0.15, 0.2) is 0 Å². The monoisotopic (exact) mass is 284 g/mol. The molecule has 0 aliphatic heterocycles. The first kappa shape index (κ1) is 13.5. The molecular weight excluding hydrogens is 264 g/mol. The van der Waals surface area contributed by atoms with Gasteiger partial charge in [-0.05, 0) is 47.3 Å². The van der Waals surface area contributed by atoms with Crippen molar-refractivity contribution in [1.82, 2.24) is 4.98 Å². The number of hydrogen-bond donors (Lipinski definition) is 1. The number of aryl methyl sites for hydroxylation is 1. The molecule has 0 spiro atoms. The van der Waals surface area contributed by atoms with Gasteiger partial charge in [-0.3, -0.25) is 0 Å². The van der Waals surface area contributed by atoms with Crippen LogP contribution in [0.1, 0.15) is 45.1 Å². The molecule has 0 fully saturated rings. The molecule has 0 aliphatic carbocycles. The molecule has 0 saturated heterocycles. The lowest BCUT2D eigenvalue weighted by Gasteiger charge is -2.18. The highest BCUT2D eigenvalue weighted by atomic mass is 79.9. The third-order valence-electron chi connectivity index (χ3n) is 2.66. The Morgan fingerprint density at radius 2 is 1.94 bits per heavy atom. The maximum atomic E-state index is 4.31. The zero-order valence-corrected chi connectivity index (χ0v) is 12.0. The van der Waals surface area contributed by atoms with Crippen LogP contribution in [0.4, 0.5) is 5.69 Å². The second kappa shape index (κ2) is 6.89. The van der Waals surface area contributed by atoms with Gasteiger partial charge < -0.3 is 5.32 Å². The number of anilines is 1. The van der Waals surface area contributed by atoms with Crippen molar-refractivity contribution < 1.29 is 0 Å². The predicted molar refractivity (Wildman–Crippen MR) is 73.9 cm³/mol. The van der Waals surface area contributed by atoms with Gasteiger partial charge in [0.05, 0.1) is 11.9 Å². The highest BCUT2D eigenvalue weighted by molar-refractivity contribution is 9.10. The summed E-state index contributed by atoms with van der Waals surface area (Å²) in [6.07, 6.45) is 6.79.